The van der Waals surface area contributed by atoms with Gasteiger partial charge >= 0.3 is 0 Å². The van der Waals surface area contributed by atoms with Gasteiger partial charge in [-0.05, 0) is 57.4 Å². The summed E-state index contributed by atoms with van der Waals surface area (Å²) in [6.45, 7) is 6.99. The van der Waals surface area contributed by atoms with Gasteiger partial charge in [-0.15, -0.1) is 0 Å². The van der Waals surface area contributed by atoms with Crippen molar-refractivity contribution in [3.63, 3.8) is 0 Å². The quantitative estimate of drug-likeness (QED) is 0.435. The van der Waals surface area contributed by atoms with Crippen LogP contribution in [0.4, 0.5) is 5.69 Å². The van der Waals surface area contributed by atoms with Gasteiger partial charge in [0.15, 0.2) is 0 Å². The maximum Gasteiger partial charge on any atom is 0.238 e. The molecule has 1 heterocycles. The van der Waals surface area contributed by atoms with Crippen molar-refractivity contribution in [2.75, 3.05) is 11.5 Å². The molecular formula is C21H27NO3. The van der Waals surface area contributed by atoms with E-state index in [1.807, 2.05) is 24.3 Å². The molecule has 2 aliphatic rings. The fraction of sp³-hybridized carbons (Fsp3) is 0.524. The summed E-state index contributed by atoms with van der Waals surface area (Å²) < 4.78 is 5.71. The highest BCUT2D eigenvalue weighted by Crippen LogP contribution is 2.42. The number of allylic oxidation sites excluding steroid dienone is 2. The lowest BCUT2D eigenvalue weighted by atomic mass is 9.78. The van der Waals surface area contributed by atoms with E-state index in [2.05, 4.69) is 20.8 Å². The van der Waals surface area contributed by atoms with E-state index in [0.29, 0.717) is 25.1 Å². The highest BCUT2D eigenvalue weighted by molar-refractivity contribution is 6.22. The van der Waals surface area contributed by atoms with Gasteiger partial charge in [0.05, 0.1) is 24.1 Å². The predicted octanol–water partition coefficient (Wildman–Crippen LogP) is 4.49. The van der Waals surface area contributed by atoms with Crippen molar-refractivity contribution in [3.05, 3.63) is 35.4 Å². The van der Waals surface area contributed by atoms with Crippen molar-refractivity contribution in [1.29, 1.82) is 0 Å². The second kappa shape index (κ2) is 7.42. The third kappa shape index (κ3) is 3.48. The zero-order chi connectivity index (χ0) is 18.0. The Morgan fingerprint density at radius 2 is 1.52 bits per heavy atom. The third-order valence-corrected chi connectivity index (χ3v) is 5.45. The Morgan fingerprint density at radius 3 is 2.04 bits per heavy atom. The lowest BCUT2D eigenvalue weighted by Gasteiger charge is -2.23. The van der Waals surface area contributed by atoms with Gasteiger partial charge in [-0.2, -0.15) is 0 Å². The molecule has 2 atom stereocenters. The molecule has 1 aliphatic carbocycles. The Balaban J connectivity index is 1.70. The fourth-order valence-electron chi connectivity index (χ4n) is 3.74. The van der Waals surface area contributed by atoms with Crippen molar-refractivity contribution >= 4 is 17.5 Å². The minimum Gasteiger partial charge on any atom is -0.494 e. The number of carbonyl (C=O) groups excluding carboxylic acids is 2. The monoisotopic (exact) mass is 341 g/mol. The summed E-state index contributed by atoms with van der Waals surface area (Å²) in [5.74, 6) is 0.281. The van der Waals surface area contributed by atoms with Gasteiger partial charge in [0.2, 0.25) is 11.8 Å². The summed E-state index contributed by atoms with van der Waals surface area (Å²) in [5.41, 5.74) is 3.15. The van der Waals surface area contributed by atoms with Crippen LogP contribution in [0.1, 0.15) is 52.9 Å². The average molecular weight is 341 g/mol. The Labute approximate surface area is 149 Å². The van der Waals surface area contributed by atoms with Gasteiger partial charge in [-0.3, -0.25) is 14.5 Å². The summed E-state index contributed by atoms with van der Waals surface area (Å²) in [5, 5.41) is 0. The minimum absolute atomic E-state index is 0.0570. The van der Waals surface area contributed by atoms with Crippen LogP contribution in [0.25, 0.3) is 0 Å². The minimum atomic E-state index is -0.193. The second-order valence-corrected chi connectivity index (χ2v) is 7.24. The van der Waals surface area contributed by atoms with Crippen molar-refractivity contribution in [3.8, 4) is 5.75 Å². The van der Waals surface area contributed by atoms with Crippen molar-refractivity contribution < 1.29 is 14.3 Å². The lowest BCUT2D eigenvalue weighted by Crippen LogP contribution is -2.30. The van der Waals surface area contributed by atoms with E-state index >= 15 is 0 Å². The Kier molecular flexibility index (Phi) is 5.26. The van der Waals surface area contributed by atoms with E-state index < -0.39 is 0 Å². The second-order valence-electron chi connectivity index (χ2n) is 7.24. The number of hydrogen-bond acceptors (Lipinski definition) is 3. The largest absolute Gasteiger partial charge is 0.494 e. The SMILES string of the molecule is CCCCCOc1ccc(N2C(=O)[C@@H]3CC(C)=C(C)C[C@H]3C2=O)cc1. The summed E-state index contributed by atoms with van der Waals surface area (Å²) in [4.78, 5) is 26.9. The lowest BCUT2D eigenvalue weighted by molar-refractivity contribution is -0.122. The fourth-order valence-corrected chi connectivity index (χ4v) is 3.74. The number of anilines is 1. The van der Waals surface area contributed by atoms with E-state index in [0.717, 1.165) is 25.0 Å². The maximum atomic E-state index is 12.8. The number of ether oxygens (including phenoxy) is 1. The van der Waals surface area contributed by atoms with E-state index in [4.69, 9.17) is 4.74 Å². The smallest absolute Gasteiger partial charge is 0.238 e. The van der Waals surface area contributed by atoms with Crippen molar-refractivity contribution in [2.24, 2.45) is 11.8 Å². The number of nitrogens with zero attached hydrogens (tertiary/aromatic N) is 1. The van der Waals surface area contributed by atoms with Crippen LogP contribution in [0.3, 0.4) is 0 Å². The van der Waals surface area contributed by atoms with Crippen LogP contribution in [0.15, 0.2) is 35.4 Å². The van der Waals surface area contributed by atoms with Crippen LogP contribution in [0, 0.1) is 11.8 Å². The number of rotatable bonds is 6. The first kappa shape index (κ1) is 17.7. The van der Waals surface area contributed by atoms with Crippen LogP contribution in [0.5, 0.6) is 5.75 Å². The third-order valence-electron chi connectivity index (χ3n) is 5.45. The van der Waals surface area contributed by atoms with Crippen LogP contribution >= 0.6 is 0 Å². The molecule has 0 aromatic heterocycles. The van der Waals surface area contributed by atoms with Crippen molar-refractivity contribution in [2.45, 2.75) is 52.9 Å². The molecule has 0 radical (unpaired) electrons. The van der Waals surface area contributed by atoms with Gasteiger partial charge in [-0.1, -0.05) is 30.9 Å². The molecule has 0 N–H and O–H groups in total. The highest BCUT2D eigenvalue weighted by atomic mass is 16.5. The Hall–Kier alpha value is -2.10. The molecule has 134 valence electrons. The van der Waals surface area contributed by atoms with E-state index in [9.17, 15) is 9.59 Å². The number of fused-ring (bicyclic) bond motifs is 1. The molecule has 1 aromatic rings. The van der Waals surface area contributed by atoms with E-state index in [1.165, 1.54) is 16.0 Å². The molecule has 25 heavy (non-hydrogen) atoms. The summed E-state index contributed by atoms with van der Waals surface area (Å²) >= 11 is 0. The molecule has 3 rings (SSSR count). The number of unbranched alkanes of at least 4 members (excludes halogenated alkanes) is 2. The van der Waals surface area contributed by atoms with Gasteiger partial charge in [0.25, 0.3) is 0 Å². The number of hydrogen-bond donors (Lipinski definition) is 0. The molecule has 1 saturated heterocycles. The molecule has 1 fully saturated rings. The average Bonchev–Trinajstić information content (AvgIpc) is 2.84. The molecule has 1 aromatic carbocycles. The molecule has 4 heteroatoms. The Bertz CT molecular complexity index is 658. The molecule has 0 spiro atoms. The molecule has 0 bridgehead atoms. The van der Waals surface area contributed by atoms with Crippen LogP contribution in [-0.4, -0.2) is 18.4 Å². The van der Waals surface area contributed by atoms with Crippen LogP contribution in [0.2, 0.25) is 0 Å². The number of imide groups is 1. The van der Waals surface area contributed by atoms with E-state index in [1.54, 1.807) is 0 Å². The maximum absolute atomic E-state index is 12.8. The molecule has 0 saturated carbocycles. The first-order valence-corrected chi connectivity index (χ1v) is 9.28. The molecule has 4 nitrogen and oxygen atoms in total. The summed E-state index contributed by atoms with van der Waals surface area (Å²) in [7, 11) is 0. The Morgan fingerprint density at radius 1 is 0.960 bits per heavy atom. The van der Waals surface area contributed by atoms with Crippen LogP contribution in [-0.2, 0) is 9.59 Å². The standard InChI is InChI=1S/C21H27NO3/c1-4-5-6-11-25-17-9-7-16(8-10-17)22-20(23)18-12-14(2)15(3)13-19(18)21(22)24/h7-10,18-19H,4-6,11-13H2,1-3H3/t18-,19-/m1/s1. The highest BCUT2D eigenvalue weighted by Gasteiger charge is 2.49. The van der Waals surface area contributed by atoms with Crippen LogP contribution < -0.4 is 9.64 Å². The topological polar surface area (TPSA) is 46.6 Å². The predicted molar refractivity (Wildman–Crippen MR) is 98.5 cm³/mol. The number of amides is 2. The zero-order valence-corrected chi connectivity index (χ0v) is 15.4. The van der Waals surface area contributed by atoms with Gasteiger partial charge in [0.1, 0.15) is 5.75 Å². The van der Waals surface area contributed by atoms with Crippen molar-refractivity contribution in [1.82, 2.24) is 0 Å². The number of benzene rings is 1. The van der Waals surface area contributed by atoms with Gasteiger partial charge in [-0.25, -0.2) is 0 Å². The summed E-state index contributed by atoms with van der Waals surface area (Å²) in [6, 6.07) is 7.32. The first-order chi connectivity index (χ1) is 12.0. The molecule has 0 unspecified atom stereocenters. The molecular weight excluding hydrogens is 314 g/mol. The molecule has 1 aliphatic heterocycles. The molecule has 2 amide bonds. The van der Waals surface area contributed by atoms with Gasteiger partial charge < -0.3 is 4.74 Å². The normalized spacial score (nSPS) is 23.2. The van der Waals surface area contributed by atoms with Gasteiger partial charge in [0, 0.05) is 0 Å². The zero-order valence-electron chi connectivity index (χ0n) is 15.4. The first-order valence-electron chi connectivity index (χ1n) is 9.28. The summed E-state index contributed by atoms with van der Waals surface area (Å²) in [6.07, 6.45) is 4.77. The number of carbonyl (C=O) groups is 2. The van der Waals surface area contributed by atoms with E-state index in [-0.39, 0.29) is 23.7 Å².